The zero-order valence-electron chi connectivity index (χ0n) is 23.5. The van der Waals surface area contributed by atoms with Crippen LogP contribution in [0.25, 0.3) is 22.1 Å². The molecule has 1 saturated heterocycles. The number of unbranched alkanes of at least 4 members (excludes halogenated alkanes) is 2. The minimum absolute atomic E-state index is 0.189. The number of likely N-dealkylation sites (tertiary alicyclic amines) is 1. The highest BCUT2D eigenvalue weighted by atomic mass is 19.1. The summed E-state index contributed by atoms with van der Waals surface area (Å²) in [6.45, 7) is 6.31. The molecule has 0 radical (unpaired) electrons. The first kappa shape index (κ1) is 29.8. The van der Waals surface area contributed by atoms with Gasteiger partial charge in [0.2, 0.25) is 5.91 Å². The van der Waals surface area contributed by atoms with Gasteiger partial charge in [-0.2, -0.15) is 0 Å². The van der Waals surface area contributed by atoms with E-state index >= 15 is 0 Å². The first-order valence-electron chi connectivity index (χ1n) is 13.8. The van der Waals surface area contributed by atoms with Crippen molar-refractivity contribution in [3.63, 3.8) is 0 Å². The Kier molecular flexibility index (Phi) is 9.42. The molecule has 3 aromatic rings. The van der Waals surface area contributed by atoms with E-state index in [1.54, 1.807) is 20.8 Å². The van der Waals surface area contributed by atoms with Gasteiger partial charge in [-0.15, -0.1) is 0 Å². The number of nitrogens with one attached hydrogen (secondary N) is 1. The molecule has 0 saturated carbocycles. The maximum atomic E-state index is 13.2. The van der Waals surface area contributed by atoms with E-state index < -0.39 is 29.5 Å². The molecular weight excluding hydrogens is 531 g/mol. The summed E-state index contributed by atoms with van der Waals surface area (Å²) >= 11 is 0. The Balaban J connectivity index is 1.19. The number of carbonyl (C=O) groups is 3. The predicted octanol–water partition coefficient (Wildman–Crippen LogP) is 5.58. The Hall–Kier alpha value is -4.21. The largest absolute Gasteiger partial charge is 0.463 e. The Morgan fingerprint density at radius 2 is 1.83 bits per heavy atom. The van der Waals surface area contributed by atoms with Crippen molar-refractivity contribution < 1.29 is 32.7 Å². The van der Waals surface area contributed by atoms with Gasteiger partial charge in [0.1, 0.15) is 35.1 Å². The minimum atomic E-state index is -0.623. The van der Waals surface area contributed by atoms with Gasteiger partial charge >= 0.3 is 12.1 Å². The molecule has 0 spiro atoms. The molecule has 0 aliphatic carbocycles. The molecule has 9 nitrogen and oxygen atoms in total. The zero-order valence-corrected chi connectivity index (χ0v) is 23.5. The second-order valence-electron chi connectivity index (χ2n) is 11.1. The van der Waals surface area contributed by atoms with Crippen LogP contribution in [0.5, 0.6) is 5.75 Å². The maximum Gasteiger partial charge on any atom is 0.410 e. The molecule has 2 aromatic carbocycles. The SMILES string of the molecule is CC(C)(C)OC(=O)N1CCCC1C(=O)NCCCCCC(=O)Oc1ccc2c(=O)c(-c3ccc(F)cc3)coc2c1. The molecule has 1 unspecified atom stereocenters. The van der Waals surface area contributed by atoms with Crippen LogP contribution in [-0.4, -0.2) is 47.6 Å². The average molecular weight is 567 g/mol. The van der Waals surface area contributed by atoms with Crippen molar-refractivity contribution in [3.8, 4) is 16.9 Å². The summed E-state index contributed by atoms with van der Waals surface area (Å²) in [5.41, 5.74) is 0.227. The van der Waals surface area contributed by atoms with Gasteiger partial charge in [0.05, 0.1) is 10.9 Å². The van der Waals surface area contributed by atoms with Crippen LogP contribution in [0.2, 0.25) is 0 Å². The van der Waals surface area contributed by atoms with Crippen molar-refractivity contribution in [1.82, 2.24) is 10.2 Å². The summed E-state index contributed by atoms with van der Waals surface area (Å²) < 4.78 is 29.6. The van der Waals surface area contributed by atoms with Crippen LogP contribution >= 0.6 is 0 Å². The third kappa shape index (κ3) is 7.93. The number of hydrogen-bond acceptors (Lipinski definition) is 7. The number of benzene rings is 2. The van der Waals surface area contributed by atoms with Gasteiger partial charge in [-0.3, -0.25) is 19.3 Å². The number of fused-ring (bicyclic) bond motifs is 1. The Morgan fingerprint density at radius 1 is 1.07 bits per heavy atom. The van der Waals surface area contributed by atoms with Crippen molar-refractivity contribution in [2.24, 2.45) is 0 Å². The van der Waals surface area contributed by atoms with E-state index in [9.17, 15) is 23.6 Å². The third-order valence-electron chi connectivity index (χ3n) is 6.67. The quantitative estimate of drug-likeness (QED) is 0.204. The lowest BCUT2D eigenvalue weighted by atomic mass is 10.1. The normalized spacial score (nSPS) is 15.1. The number of ether oxygens (including phenoxy) is 2. The first-order chi connectivity index (χ1) is 19.5. The van der Waals surface area contributed by atoms with E-state index in [0.717, 1.165) is 6.42 Å². The van der Waals surface area contributed by atoms with Gasteiger partial charge in [-0.1, -0.05) is 18.6 Å². The molecular formula is C31H35FN2O7. The Morgan fingerprint density at radius 3 is 2.56 bits per heavy atom. The summed E-state index contributed by atoms with van der Waals surface area (Å²) in [6, 6.07) is 9.59. The summed E-state index contributed by atoms with van der Waals surface area (Å²) in [6.07, 6.45) is 4.33. The maximum absolute atomic E-state index is 13.2. The lowest BCUT2D eigenvalue weighted by Crippen LogP contribution is -2.47. The van der Waals surface area contributed by atoms with Crippen LogP contribution in [0.1, 0.15) is 59.3 Å². The summed E-state index contributed by atoms with van der Waals surface area (Å²) in [5.74, 6) is -0.749. The van der Waals surface area contributed by atoms with Gasteiger partial charge in [0.15, 0.2) is 5.43 Å². The Bertz CT molecular complexity index is 1460. The van der Waals surface area contributed by atoms with Crippen molar-refractivity contribution in [1.29, 1.82) is 0 Å². The first-order valence-corrected chi connectivity index (χ1v) is 13.8. The average Bonchev–Trinajstić information content (AvgIpc) is 3.41. The number of hydrogen-bond donors (Lipinski definition) is 1. The van der Waals surface area contributed by atoms with E-state index in [1.165, 1.54) is 53.6 Å². The van der Waals surface area contributed by atoms with E-state index in [1.807, 2.05) is 0 Å². The molecule has 1 aliphatic heterocycles. The van der Waals surface area contributed by atoms with Crippen LogP contribution in [0, 0.1) is 5.82 Å². The molecule has 1 atom stereocenters. The third-order valence-corrected chi connectivity index (χ3v) is 6.67. The second-order valence-corrected chi connectivity index (χ2v) is 11.1. The molecule has 2 amide bonds. The fourth-order valence-electron chi connectivity index (χ4n) is 4.66. The van der Waals surface area contributed by atoms with E-state index in [0.29, 0.717) is 55.3 Å². The molecule has 41 heavy (non-hydrogen) atoms. The summed E-state index contributed by atoms with van der Waals surface area (Å²) in [7, 11) is 0. The number of carbonyl (C=O) groups excluding carboxylic acids is 3. The van der Waals surface area contributed by atoms with Crippen molar-refractivity contribution in [3.05, 3.63) is 64.8 Å². The topological polar surface area (TPSA) is 115 Å². The highest BCUT2D eigenvalue weighted by Gasteiger charge is 2.36. The van der Waals surface area contributed by atoms with E-state index in [2.05, 4.69) is 5.32 Å². The van der Waals surface area contributed by atoms with Gasteiger partial charge in [0, 0.05) is 25.6 Å². The highest BCUT2D eigenvalue weighted by Crippen LogP contribution is 2.24. The minimum Gasteiger partial charge on any atom is -0.463 e. The fraction of sp³-hybridized carbons (Fsp3) is 0.419. The smallest absolute Gasteiger partial charge is 0.410 e. The van der Waals surface area contributed by atoms with Crippen molar-refractivity contribution in [2.75, 3.05) is 13.1 Å². The lowest BCUT2D eigenvalue weighted by Gasteiger charge is -2.28. The molecule has 218 valence electrons. The van der Waals surface area contributed by atoms with Gasteiger partial charge in [-0.25, -0.2) is 9.18 Å². The summed E-state index contributed by atoms with van der Waals surface area (Å²) in [4.78, 5) is 51.7. The van der Waals surface area contributed by atoms with Gasteiger partial charge in [-0.05, 0) is 76.3 Å². The Labute approximate surface area is 237 Å². The second kappa shape index (κ2) is 13.0. The van der Waals surface area contributed by atoms with Crippen molar-refractivity contribution >= 4 is 28.9 Å². The van der Waals surface area contributed by atoms with Crippen LogP contribution < -0.4 is 15.5 Å². The number of amides is 2. The monoisotopic (exact) mass is 566 g/mol. The number of rotatable bonds is 9. The molecule has 1 aromatic heterocycles. The van der Waals surface area contributed by atoms with Crippen LogP contribution in [-0.2, 0) is 14.3 Å². The number of nitrogens with zero attached hydrogens (tertiary/aromatic N) is 1. The molecule has 4 rings (SSSR count). The molecule has 1 fully saturated rings. The van der Waals surface area contributed by atoms with Gasteiger partial charge < -0.3 is 19.2 Å². The summed E-state index contributed by atoms with van der Waals surface area (Å²) in [5, 5.41) is 3.20. The molecule has 1 aliphatic rings. The fourth-order valence-corrected chi connectivity index (χ4v) is 4.66. The zero-order chi connectivity index (χ0) is 29.6. The van der Waals surface area contributed by atoms with E-state index in [-0.39, 0.29) is 29.1 Å². The molecule has 1 N–H and O–H groups in total. The standard InChI is InChI=1S/C31H35FN2O7/c1-31(2,3)41-30(38)34-17-7-8-25(34)29(37)33-16-6-4-5-9-27(35)40-22-14-15-23-26(18-22)39-19-24(28(23)36)20-10-12-21(32)13-11-20/h10-15,18-19,25H,4-9,16-17H2,1-3H3,(H,33,37). The van der Waals surface area contributed by atoms with Crippen molar-refractivity contribution in [2.45, 2.75) is 70.9 Å². The highest BCUT2D eigenvalue weighted by molar-refractivity contribution is 5.86. The molecule has 2 heterocycles. The van der Waals surface area contributed by atoms with Crippen LogP contribution in [0.3, 0.4) is 0 Å². The predicted molar refractivity (Wildman–Crippen MR) is 151 cm³/mol. The molecule has 10 heteroatoms. The van der Waals surface area contributed by atoms with Gasteiger partial charge in [0.25, 0.3) is 0 Å². The molecule has 0 bridgehead atoms. The van der Waals surface area contributed by atoms with Crippen LogP contribution in [0.4, 0.5) is 9.18 Å². The van der Waals surface area contributed by atoms with Crippen LogP contribution in [0.15, 0.2) is 57.9 Å². The number of esters is 1. The van der Waals surface area contributed by atoms with E-state index in [4.69, 9.17) is 13.9 Å². The lowest BCUT2D eigenvalue weighted by molar-refractivity contribution is -0.134. The number of halogens is 1.